The lowest BCUT2D eigenvalue weighted by Crippen LogP contribution is -2.22. The van der Waals surface area contributed by atoms with Gasteiger partial charge >= 0.3 is 0 Å². The topological polar surface area (TPSA) is 0 Å². The smallest absolute Gasteiger partial charge is 0.0245 e. The van der Waals surface area contributed by atoms with Gasteiger partial charge in [0.1, 0.15) is 0 Å². The first kappa shape index (κ1) is 9.71. The molecule has 0 nitrogen and oxygen atoms in total. The van der Waals surface area contributed by atoms with Crippen LogP contribution >= 0.6 is 7.14 Å². The summed E-state index contributed by atoms with van der Waals surface area (Å²) in [6, 6.07) is 0. The van der Waals surface area contributed by atoms with Gasteiger partial charge in [-0.25, -0.2) is 5.79 Å². The zero-order valence-corrected chi connectivity index (χ0v) is 9.00. The fraction of sp³-hybridized carbons (Fsp3) is 0.833. The first-order chi connectivity index (χ1) is 3.71. The van der Waals surface area contributed by atoms with Gasteiger partial charge in [0.25, 0.3) is 0 Å². The van der Waals surface area contributed by atoms with Gasteiger partial charge in [0.2, 0.25) is 0 Å². The lowest BCUT2D eigenvalue weighted by Gasteiger charge is -2.44. The van der Waals surface area contributed by atoms with Gasteiger partial charge in [-0.15, -0.1) is 0 Å². The Labute approximate surface area is 62.1 Å². The van der Waals surface area contributed by atoms with Crippen LogP contribution < -0.4 is 0 Å². The summed E-state index contributed by atoms with van der Waals surface area (Å²) in [7, 11) is 3.82. The van der Waals surface area contributed by atoms with Crippen molar-refractivity contribution in [3.63, 3.8) is 0 Å². The summed E-state index contributed by atoms with van der Waals surface area (Å²) in [5.74, 6) is 2.40. The summed E-state index contributed by atoms with van der Waals surface area (Å²) in [5.41, 5.74) is 0. The molecule has 0 bridgehead atoms. The molecule has 0 aliphatic heterocycles. The Morgan fingerprint density at radius 1 is 1.22 bits per heavy atom. The highest BCUT2D eigenvalue weighted by Crippen LogP contribution is 2.51. The highest BCUT2D eigenvalue weighted by Gasteiger charge is 2.07. The maximum Gasteiger partial charge on any atom is -0.0245 e. The van der Waals surface area contributed by atoms with E-state index in [1.54, 1.807) is 0 Å². The zero-order valence-electron chi connectivity index (χ0n) is 7.10. The van der Waals surface area contributed by atoms with Crippen molar-refractivity contribution >= 4 is 22.8 Å². The molecule has 0 fully saturated rings. The Kier molecular flexibility index (Phi) is 2.97. The Morgan fingerprint density at radius 2 is 1.56 bits per heavy atom. The van der Waals surface area contributed by atoms with Crippen LogP contribution in [0.25, 0.3) is 0 Å². The van der Waals surface area contributed by atoms with Crippen LogP contribution in [0.3, 0.4) is 0 Å². The Morgan fingerprint density at radius 3 is 1.56 bits per heavy atom. The molecule has 0 aliphatic rings. The van der Waals surface area contributed by atoms with E-state index in [1.807, 2.05) is 0 Å². The third-order valence-electron chi connectivity index (χ3n) is 0.720. The summed E-state index contributed by atoms with van der Waals surface area (Å²) >= 11 is 0. The van der Waals surface area contributed by atoms with E-state index in [0.717, 1.165) is 0 Å². The quantitative estimate of drug-likeness (QED) is 0.329. The van der Waals surface area contributed by atoms with E-state index in [0.29, 0.717) is 0 Å². The van der Waals surface area contributed by atoms with E-state index >= 15 is 0 Å². The van der Waals surface area contributed by atoms with Crippen LogP contribution in [0.4, 0.5) is 0 Å². The SMILES string of the molecule is [B-][P+](C)(C)[CH-][Si](C)(C)C. The fourth-order valence-corrected chi connectivity index (χ4v) is 8.98. The third-order valence-corrected chi connectivity index (χ3v) is 6.48. The van der Waals surface area contributed by atoms with E-state index in [9.17, 15) is 0 Å². The van der Waals surface area contributed by atoms with E-state index in [4.69, 9.17) is 7.57 Å². The van der Waals surface area contributed by atoms with E-state index in [1.165, 1.54) is 0 Å². The first-order valence-electron chi connectivity index (χ1n) is 3.20. The van der Waals surface area contributed by atoms with E-state index < -0.39 is 15.2 Å². The second-order valence-electron chi connectivity index (χ2n) is 4.12. The summed E-state index contributed by atoms with van der Waals surface area (Å²) in [6.45, 7) is 11.3. The largest absolute Gasteiger partial charge is 0.389 e. The lowest BCUT2D eigenvalue weighted by molar-refractivity contribution is 1.74. The van der Waals surface area contributed by atoms with E-state index in [-0.39, 0.29) is 0 Å². The Balaban J connectivity index is 3.75. The van der Waals surface area contributed by atoms with Gasteiger partial charge in [-0.3, -0.25) is 0 Å². The Hall–Kier alpha value is 0.712. The molecule has 0 atom stereocenters. The first-order valence-corrected chi connectivity index (χ1v) is 9.60. The minimum atomic E-state index is -1.10. The molecular weight excluding hydrogens is 142 g/mol. The number of hydrogen-bond donors (Lipinski definition) is 0. The van der Waals surface area contributed by atoms with Crippen LogP contribution in [0.5, 0.6) is 0 Å². The second-order valence-corrected chi connectivity index (χ2v) is 13.1. The minimum absolute atomic E-state index is 0.993. The van der Waals surface area contributed by atoms with Gasteiger partial charge in [-0.1, -0.05) is 27.7 Å². The van der Waals surface area contributed by atoms with Crippen molar-refractivity contribution in [2.75, 3.05) is 13.3 Å². The molecule has 0 saturated heterocycles. The van der Waals surface area contributed by atoms with Crippen molar-refractivity contribution in [3.8, 4) is 0 Å². The van der Waals surface area contributed by atoms with Crippen LogP contribution in [-0.4, -0.2) is 29.0 Å². The van der Waals surface area contributed by atoms with Crippen LogP contribution in [0.2, 0.25) is 19.6 Å². The summed E-state index contributed by atoms with van der Waals surface area (Å²) in [4.78, 5) is 0. The predicted octanol–water partition coefficient (Wildman–Crippen LogP) is 2.39. The van der Waals surface area contributed by atoms with Crippen LogP contribution in [-0.2, 0) is 0 Å². The van der Waals surface area contributed by atoms with Crippen molar-refractivity contribution in [2.45, 2.75) is 19.6 Å². The molecule has 0 unspecified atom stereocenters. The molecule has 0 aromatic carbocycles. The average molecular weight is 158 g/mol. The van der Waals surface area contributed by atoms with Crippen LogP contribution in [0.15, 0.2) is 0 Å². The number of hydrogen-bond acceptors (Lipinski definition) is 0. The maximum atomic E-state index is 5.91. The summed E-state index contributed by atoms with van der Waals surface area (Å²) in [5, 5.41) is 0. The molecule has 0 aliphatic carbocycles. The molecule has 0 rings (SSSR count). The van der Waals surface area contributed by atoms with Crippen molar-refractivity contribution < 1.29 is 0 Å². The monoisotopic (exact) mass is 158 g/mol. The van der Waals surface area contributed by atoms with Gasteiger partial charge < -0.3 is 14.7 Å². The van der Waals surface area contributed by atoms with Crippen molar-refractivity contribution in [1.82, 2.24) is 0 Å². The van der Waals surface area contributed by atoms with Gasteiger partial charge in [0, 0.05) is 0 Å². The highest BCUT2D eigenvalue weighted by atomic mass is 31.2. The molecule has 9 heavy (non-hydrogen) atoms. The van der Waals surface area contributed by atoms with Crippen LogP contribution in [0.1, 0.15) is 0 Å². The van der Waals surface area contributed by atoms with Gasteiger partial charge in [0.05, 0.1) is 0 Å². The van der Waals surface area contributed by atoms with Crippen molar-refractivity contribution in [1.29, 1.82) is 0 Å². The molecule has 3 heteroatoms. The molecule has 0 heterocycles. The summed E-state index contributed by atoms with van der Waals surface area (Å²) < 4.78 is 0. The van der Waals surface area contributed by atoms with E-state index in [2.05, 4.69) is 38.8 Å². The third kappa shape index (κ3) is 8.71. The highest BCUT2D eigenvalue weighted by molar-refractivity contribution is 7.99. The molecule has 0 aromatic rings. The zero-order chi connectivity index (χ0) is 7.71. The van der Waals surface area contributed by atoms with Crippen molar-refractivity contribution in [2.24, 2.45) is 0 Å². The lowest BCUT2D eigenvalue weighted by atomic mass is 10.8. The normalized spacial score (nSPS) is 14.0. The number of rotatable bonds is 2. The Bertz CT molecular complexity index is 78.2. The molecule has 0 saturated carbocycles. The molecule has 3 radical (unpaired) electrons. The summed E-state index contributed by atoms with van der Waals surface area (Å²) in [6.07, 6.45) is 0. The molecule has 53 valence electrons. The average Bonchev–Trinajstić information content (AvgIpc) is 1.14. The maximum absolute atomic E-state index is 5.91. The second kappa shape index (κ2) is 2.76. The van der Waals surface area contributed by atoms with Gasteiger partial charge in [-0.2, -0.15) is 0 Å². The molecular formula is C6H16BPSi-. The predicted molar refractivity (Wildman–Crippen MR) is 52.2 cm³/mol. The van der Waals surface area contributed by atoms with Gasteiger partial charge in [-0.05, 0) is 13.3 Å². The molecule has 0 N–H and O–H groups in total. The van der Waals surface area contributed by atoms with Gasteiger partial charge in [0.15, 0.2) is 0 Å². The minimum Gasteiger partial charge on any atom is -0.389 e. The van der Waals surface area contributed by atoms with Crippen LogP contribution in [0, 0.1) is 5.79 Å². The molecule has 0 spiro atoms. The van der Waals surface area contributed by atoms with Crippen molar-refractivity contribution in [3.05, 3.63) is 5.79 Å². The standard InChI is InChI=1S/C6H16BPSi/c1-8(2,7)6-9(3,4)5/h6H,1-5H3/q-1. The fourth-order valence-electron chi connectivity index (χ4n) is 0.998. The molecule has 0 amide bonds. The molecule has 0 aromatic heterocycles.